The van der Waals surface area contributed by atoms with Gasteiger partial charge in [-0.25, -0.2) is 9.97 Å². The van der Waals surface area contributed by atoms with Gasteiger partial charge in [-0.1, -0.05) is 19.8 Å². The SMILES string of the molecule is CCN(C(=O)c1ccnc(C)n1)C1CCCCC1C. The second kappa shape index (κ2) is 6.13. The summed E-state index contributed by atoms with van der Waals surface area (Å²) in [6.07, 6.45) is 6.51. The molecule has 19 heavy (non-hydrogen) atoms. The number of carbonyl (C=O) groups is 1. The molecule has 0 N–H and O–H groups in total. The smallest absolute Gasteiger partial charge is 0.272 e. The molecule has 4 nitrogen and oxygen atoms in total. The fourth-order valence-electron chi connectivity index (χ4n) is 3.01. The molecule has 0 spiro atoms. The fourth-order valence-corrected chi connectivity index (χ4v) is 3.01. The molecule has 1 aliphatic rings. The first-order chi connectivity index (χ1) is 9.13. The summed E-state index contributed by atoms with van der Waals surface area (Å²) in [5, 5.41) is 0. The average molecular weight is 261 g/mol. The van der Waals surface area contributed by atoms with E-state index in [-0.39, 0.29) is 5.91 Å². The molecule has 1 fully saturated rings. The number of amides is 1. The third-order valence-corrected chi connectivity index (χ3v) is 4.06. The quantitative estimate of drug-likeness (QED) is 0.840. The van der Waals surface area contributed by atoms with Gasteiger partial charge < -0.3 is 4.90 Å². The minimum absolute atomic E-state index is 0.0479. The molecule has 0 bridgehead atoms. The summed E-state index contributed by atoms with van der Waals surface area (Å²) in [5.41, 5.74) is 0.520. The number of aromatic nitrogens is 2. The van der Waals surface area contributed by atoms with Crippen LogP contribution in [0.5, 0.6) is 0 Å². The predicted molar refractivity (Wildman–Crippen MR) is 74.9 cm³/mol. The third-order valence-electron chi connectivity index (χ3n) is 4.06. The van der Waals surface area contributed by atoms with Crippen molar-refractivity contribution in [3.05, 3.63) is 23.8 Å². The first-order valence-corrected chi connectivity index (χ1v) is 7.24. The summed E-state index contributed by atoms with van der Waals surface area (Å²) >= 11 is 0. The van der Waals surface area contributed by atoms with Crippen LogP contribution in [-0.4, -0.2) is 33.4 Å². The monoisotopic (exact) mass is 261 g/mol. The van der Waals surface area contributed by atoms with E-state index < -0.39 is 0 Å². The number of nitrogens with zero attached hydrogens (tertiary/aromatic N) is 3. The van der Waals surface area contributed by atoms with Crippen molar-refractivity contribution < 1.29 is 4.79 Å². The molecule has 1 amide bonds. The Labute approximate surface area is 115 Å². The van der Waals surface area contributed by atoms with Crippen molar-refractivity contribution in [3.63, 3.8) is 0 Å². The normalized spacial score (nSPS) is 23.1. The molecule has 2 rings (SSSR count). The van der Waals surface area contributed by atoms with Crippen LogP contribution in [0.2, 0.25) is 0 Å². The Hall–Kier alpha value is -1.45. The van der Waals surface area contributed by atoms with Crippen LogP contribution in [0.4, 0.5) is 0 Å². The maximum atomic E-state index is 12.6. The van der Waals surface area contributed by atoms with E-state index >= 15 is 0 Å². The van der Waals surface area contributed by atoms with E-state index in [1.165, 1.54) is 19.3 Å². The Kier molecular flexibility index (Phi) is 4.51. The van der Waals surface area contributed by atoms with Gasteiger partial charge in [0.05, 0.1) is 0 Å². The summed E-state index contributed by atoms with van der Waals surface area (Å²) in [5.74, 6) is 1.28. The zero-order valence-electron chi connectivity index (χ0n) is 12.1. The summed E-state index contributed by atoms with van der Waals surface area (Å²) < 4.78 is 0. The second-order valence-electron chi connectivity index (χ2n) is 5.41. The zero-order valence-corrected chi connectivity index (χ0v) is 12.1. The average Bonchev–Trinajstić information content (AvgIpc) is 2.41. The van der Waals surface area contributed by atoms with Crippen molar-refractivity contribution in [2.24, 2.45) is 5.92 Å². The van der Waals surface area contributed by atoms with Crippen molar-refractivity contribution in [2.45, 2.75) is 52.5 Å². The van der Waals surface area contributed by atoms with E-state index in [9.17, 15) is 4.79 Å². The molecule has 2 atom stereocenters. The number of rotatable bonds is 3. The van der Waals surface area contributed by atoms with E-state index in [0.717, 1.165) is 13.0 Å². The van der Waals surface area contributed by atoms with E-state index in [2.05, 4.69) is 16.9 Å². The first-order valence-electron chi connectivity index (χ1n) is 7.24. The highest BCUT2D eigenvalue weighted by Crippen LogP contribution is 2.28. The third kappa shape index (κ3) is 3.11. The van der Waals surface area contributed by atoms with Crippen molar-refractivity contribution in [2.75, 3.05) is 6.54 Å². The molecule has 1 aromatic heterocycles. The van der Waals surface area contributed by atoms with Crippen LogP contribution in [0.15, 0.2) is 12.3 Å². The van der Waals surface area contributed by atoms with Crippen LogP contribution in [0, 0.1) is 12.8 Å². The van der Waals surface area contributed by atoms with Gasteiger partial charge >= 0.3 is 0 Å². The molecule has 1 aliphatic carbocycles. The maximum Gasteiger partial charge on any atom is 0.272 e. The second-order valence-corrected chi connectivity index (χ2v) is 5.41. The van der Waals surface area contributed by atoms with Gasteiger partial charge in [0.2, 0.25) is 0 Å². The van der Waals surface area contributed by atoms with E-state index in [4.69, 9.17) is 0 Å². The Morgan fingerprint density at radius 3 is 2.79 bits per heavy atom. The van der Waals surface area contributed by atoms with Crippen molar-refractivity contribution in [1.82, 2.24) is 14.9 Å². The number of hydrogen-bond donors (Lipinski definition) is 0. The van der Waals surface area contributed by atoms with Crippen LogP contribution in [0.25, 0.3) is 0 Å². The molecule has 2 unspecified atom stereocenters. The zero-order chi connectivity index (χ0) is 13.8. The lowest BCUT2D eigenvalue weighted by molar-refractivity contribution is 0.0563. The lowest BCUT2D eigenvalue weighted by atomic mass is 9.84. The minimum Gasteiger partial charge on any atom is -0.334 e. The minimum atomic E-state index is 0.0479. The van der Waals surface area contributed by atoms with Crippen LogP contribution in [0.1, 0.15) is 55.8 Å². The Morgan fingerprint density at radius 1 is 1.42 bits per heavy atom. The lowest BCUT2D eigenvalue weighted by Gasteiger charge is -2.38. The topological polar surface area (TPSA) is 46.1 Å². The lowest BCUT2D eigenvalue weighted by Crippen LogP contribution is -2.45. The molecule has 1 aromatic rings. The fraction of sp³-hybridized carbons (Fsp3) is 0.667. The van der Waals surface area contributed by atoms with Crippen molar-refractivity contribution in [3.8, 4) is 0 Å². The van der Waals surface area contributed by atoms with Crippen molar-refractivity contribution >= 4 is 5.91 Å². The van der Waals surface area contributed by atoms with Gasteiger partial charge in [-0.2, -0.15) is 0 Å². The largest absolute Gasteiger partial charge is 0.334 e. The Balaban J connectivity index is 2.19. The Morgan fingerprint density at radius 2 is 2.16 bits per heavy atom. The molecule has 4 heteroatoms. The molecule has 0 radical (unpaired) electrons. The Bertz CT molecular complexity index is 447. The molecule has 0 aromatic carbocycles. The highest BCUT2D eigenvalue weighted by atomic mass is 16.2. The molecular weight excluding hydrogens is 238 g/mol. The molecule has 1 heterocycles. The molecule has 104 valence electrons. The van der Waals surface area contributed by atoms with Crippen molar-refractivity contribution in [1.29, 1.82) is 0 Å². The molecule has 1 saturated carbocycles. The highest BCUT2D eigenvalue weighted by Gasteiger charge is 2.30. The van der Waals surface area contributed by atoms with E-state index in [1.54, 1.807) is 12.3 Å². The van der Waals surface area contributed by atoms with E-state index in [0.29, 0.717) is 23.5 Å². The van der Waals surface area contributed by atoms with Crippen LogP contribution >= 0.6 is 0 Å². The molecule has 0 aliphatic heterocycles. The number of aryl methyl sites for hydroxylation is 1. The molecule has 0 saturated heterocycles. The van der Waals surface area contributed by atoms with E-state index in [1.807, 2.05) is 18.7 Å². The summed E-state index contributed by atoms with van der Waals surface area (Å²) in [7, 11) is 0. The highest BCUT2D eigenvalue weighted by molar-refractivity contribution is 5.92. The van der Waals surface area contributed by atoms with Gasteiger partial charge in [0, 0.05) is 18.8 Å². The van der Waals surface area contributed by atoms with Gasteiger partial charge in [0.1, 0.15) is 11.5 Å². The van der Waals surface area contributed by atoms with Gasteiger partial charge in [-0.15, -0.1) is 0 Å². The van der Waals surface area contributed by atoms with Gasteiger partial charge in [0.25, 0.3) is 5.91 Å². The summed E-state index contributed by atoms with van der Waals surface area (Å²) in [6.45, 7) is 6.87. The predicted octanol–water partition coefficient (Wildman–Crippen LogP) is 2.83. The number of hydrogen-bond acceptors (Lipinski definition) is 3. The number of carbonyl (C=O) groups excluding carboxylic acids is 1. The standard InChI is InChI=1S/C15H23N3O/c1-4-18(14-8-6-5-7-11(14)2)15(19)13-9-10-16-12(3)17-13/h9-11,14H,4-8H2,1-3H3. The molecular formula is C15H23N3O. The summed E-state index contributed by atoms with van der Waals surface area (Å²) in [4.78, 5) is 22.9. The van der Waals surface area contributed by atoms with Crippen LogP contribution in [0.3, 0.4) is 0 Å². The first kappa shape index (κ1) is 14.0. The van der Waals surface area contributed by atoms with Gasteiger partial charge in [0.15, 0.2) is 0 Å². The maximum absolute atomic E-state index is 12.6. The van der Waals surface area contributed by atoms with Gasteiger partial charge in [-0.05, 0) is 38.7 Å². The van der Waals surface area contributed by atoms with Crippen LogP contribution in [-0.2, 0) is 0 Å². The van der Waals surface area contributed by atoms with Crippen LogP contribution < -0.4 is 0 Å². The van der Waals surface area contributed by atoms with Gasteiger partial charge in [-0.3, -0.25) is 4.79 Å². The summed E-state index contributed by atoms with van der Waals surface area (Å²) in [6, 6.07) is 2.08.